The molecule has 5 nitrogen and oxygen atoms in total. The molecule has 0 radical (unpaired) electrons. The van der Waals surface area contributed by atoms with E-state index in [0.717, 1.165) is 40.6 Å². The van der Waals surface area contributed by atoms with E-state index >= 15 is 0 Å². The van der Waals surface area contributed by atoms with E-state index in [0.29, 0.717) is 18.8 Å². The van der Waals surface area contributed by atoms with Crippen molar-refractivity contribution < 1.29 is 9.59 Å². The van der Waals surface area contributed by atoms with E-state index in [4.69, 9.17) is 0 Å². The molecule has 5 rings (SSSR count). The zero-order valence-corrected chi connectivity index (χ0v) is 16.1. The number of nitrogens with one attached hydrogen (secondary N) is 2. The van der Waals surface area contributed by atoms with Crippen molar-refractivity contribution in [2.24, 2.45) is 0 Å². The van der Waals surface area contributed by atoms with Crippen LogP contribution in [0.15, 0.2) is 42.5 Å². The number of amides is 2. The molecule has 2 N–H and O–H groups in total. The van der Waals surface area contributed by atoms with E-state index < -0.39 is 5.41 Å². The number of hydrogen-bond acceptors (Lipinski definition) is 2. The number of para-hydroxylation sites is 1. The second-order valence-electron chi connectivity index (χ2n) is 8.09. The molecule has 142 valence electrons. The van der Waals surface area contributed by atoms with Gasteiger partial charge in [-0.2, -0.15) is 0 Å². The highest BCUT2D eigenvalue weighted by molar-refractivity contribution is 6.07. The number of aromatic nitrogens is 1. The zero-order chi connectivity index (χ0) is 19.5. The molecule has 0 aliphatic carbocycles. The van der Waals surface area contributed by atoms with Crippen molar-refractivity contribution >= 4 is 28.4 Å². The van der Waals surface area contributed by atoms with Crippen molar-refractivity contribution in [3.05, 3.63) is 64.8 Å². The van der Waals surface area contributed by atoms with E-state index in [1.54, 1.807) is 0 Å². The standard InChI is InChI=1S/C23H23N3O2/c1-14-8-9-18-16(12-14)15(2)20(24-18)21(27)26-11-5-10-23(13-26)17-6-3-4-7-19(17)25-22(23)28/h3-4,6-9,12,24H,5,10-11,13H2,1-2H3,(H,25,28). The number of likely N-dealkylation sites (tertiary alicyclic amines) is 1. The van der Waals surface area contributed by atoms with Gasteiger partial charge in [-0.3, -0.25) is 9.59 Å². The van der Waals surface area contributed by atoms with Gasteiger partial charge >= 0.3 is 0 Å². The van der Waals surface area contributed by atoms with Crippen molar-refractivity contribution in [1.29, 1.82) is 0 Å². The van der Waals surface area contributed by atoms with Gasteiger partial charge in [0, 0.05) is 29.7 Å². The molecule has 1 atom stereocenters. The van der Waals surface area contributed by atoms with Crippen LogP contribution < -0.4 is 5.32 Å². The number of nitrogens with zero attached hydrogens (tertiary/aromatic N) is 1. The molecule has 1 spiro atoms. The fourth-order valence-electron chi connectivity index (χ4n) is 4.82. The van der Waals surface area contributed by atoms with E-state index in [9.17, 15) is 9.59 Å². The first-order chi connectivity index (χ1) is 13.5. The molecular formula is C23H23N3O2. The molecular weight excluding hydrogens is 350 g/mol. The van der Waals surface area contributed by atoms with Crippen LogP contribution in [0.4, 0.5) is 5.69 Å². The molecule has 1 saturated heterocycles. The molecule has 1 unspecified atom stereocenters. The first-order valence-electron chi connectivity index (χ1n) is 9.79. The molecule has 0 bridgehead atoms. The minimum Gasteiger partial charge on any atom is -0.350 e. The highest BCUT2D eigenvalue weighted by Gasteiger charge is 2.50. The molecule has 3 heterocycles. The van der Waals surface area contributed by atoms with Gasteiger partial charge in [0.1, 0.15) is 5.69 Å². The van der Waals surface area contributed by atoms with Gasteiger partial charge in [-0.1, -0.05) is 29.8 Å². The van der Waals surface area contributed by atoms with Gasteiger partial charge in [0.2, 0.25) is 5.91 Å². The Bertz CT molecular complexity index is 1130. The van der Waals surface area contributed by atoms with Crippen LogP contribution in [0.1, 0.15) is 40.0 Å². The van der Waals surface area contributed by atoms with Crippen LogP contribution in [-0.4, -0.2) is 34.8 Å². The summed E-state index contributed by atoms with van der Waals surface area (Å²) in [6, 6.07) is 14.0. The molecule has 2 aliphatic heterocycles. The number of hydrogen-bond donors (Lipinski definition) is 2. The summed E-state index contributed by atoms with van der Waals surface area (Å²) < 4.78 is 0. The highest BCUT2D eigenvalue weighted by Crippen LogP contribution is 2.44. The van der Waals surface area contributed by atoms with Gasteiger partial charge in [0.05, 0.1) is 5.41 Å². The average Bonchev–Trinajstić information content (AvgIpc) is 3.16. The molecule has 5 heteroatoms. The molecule has 1 aromatic heterocycles. The van der Waals surface area contributed by atoms with Crippen LogP contribution in [0.2, 0.25) is 0 Å². The maximum atomic E-state index is 13.4. The molecule has 2 aromatic carbocycles. The minimum absolute atomic E-state index is 0.00944. The lowest BCUT2D eigenvalue weighted by atomic mass is 9.75. The summed E-state index contributed by atoms with van der Waals surface area (Å²) in [7, 11) is 0. The van der Waals surface area contributed by atoms with E-state index in [1.165, 1.54) is 5.56 Å². The van der Waals surface area contributed by atoms with Crippen molar-refractivity contribution in [1.82, 2.24) is 9.88 Å². The number of H-pyrrole nitrogens is 1. The maximum absolute atomic E-state index is 13.4. The minimum atomic E-state index is -0.638. The Labute approximate surface area is 163 Å². The Balaban J connectivity index is 1.52. The van der Waals surface area contributed by atoms with E-state index in [-0.39, 0.29) is 11.8 Å². The van der Waals surface area contributed by atoms with Crippen LogP contribution in [0.25, 0.3) is 10.9 Å². The number of anilines is 1. The fourth-order valence-corrected chi connectivity index (χ4v) is 4.82. The lowest BCUT2D eigenvalue weighted by molar-refractivity contribution is -0.122. The largest absolute Gasteiger partial charge is 0.350 e. The summed E-state index contributed by atoms with van der Waals surface area (Å²) in [4.78, 5) is 31.4. The third-order valence-corrected chi connectivity index (χ3v) is 6.33. The number of aryl methyl sites for hydroxylation is 2. The van der Waals surface area contributed by atoms with Gasteiger partial charge in [-0.15, -0.1) is 0 Å². The quantitative estimate of drug-likeness (QED) is 0.679. The van der Waals surface area contributed by atoms with E-state index in [2.05, 4.69) is 23.3 Å². The van der Waals surface area contributed by atoms with Gasteiger partial charge < -0.3 is 15.2 Å². The highest BCUT2D eigenvalue weighted by atomic mass is 16.2. The lowest BCUT2D eigenvalue weighted by Gasteiger charge is -2.39. The Morgan fingerprint density at radius 1 is 1.14 bits per heavy atom. The summed E-state index contributed by atoms with van der Waals surface area (Å²) >= 11 is 0. The van der Waals surface area contributed by atoms with Crippen LogP contribution in [0, 0.1) is 13.8 Å². The Kier molecular flexibility index (Phi) is 3.63. The fraction of sp³-hybridized carbons (Fsp3) is 0.304. The lowest BCUT2D eigenvalue weighted by Crippen LogP contribution is -2.52. The van der Waals surface area contributed by atoms with E-state index in [1.807, 2.05) is 48.2 Å². The molecule has 2 amide bonds. The van der Waals surface area contributed by atoms with Crippen molar-refractivity contribution in [2.45, 2.75) is 32.1 Å². The Morgan fingerprint density at radius 2 is 1.96 bits per heavy atom. The summed E-state index contributed by atoms with van der Waals surface area (Å²) in [5, 5.41) is 4.09. The van der Waals surface area contributed by atoms with Crippen LogP contribution in [-0.2, 0) is 10.2 Å². The Morgan fingerprint density at radius 3 is 2.82 bits per heavy atom. The maximum Gasteiger partial charge on any atom is 0.270 e. The van der Waals surface area contributed by atoms with Gasteiger partial charge in [0.15, 0.2) is 0 Å². The number of fused-ring (bicyclic) bond motifs is 3. The summed E-state index contributed by atoms with van der Waals surface area (Å²) in [6.45, 7) is 5.13. The number of aromatic amines is 1. The number of rotatable bonds is 1. The number of piperidine rings is 1. The third-order valence-electron chi connectivity index (χ3n) is 6.33. The predicted molar refractivity (Wildman–Crippen MR) is 110 cm³/mol. The van der Waals surface area contributed by atoms with Gasteiger partial charge in [-0.05, 0) is 56.0 Å². The van der Waals surface area contributed by atoms with Crippen molar-refractivity contribution in [3.8, 4) is 0 Å². The SMILES string of the molecule is Cc1ccc2[nH]c(C(=O)N3CCCC4(C3)C(=O)Nc3ccccc34)c(C)c2c1. The number of benzene rings is 2. The summed E-state index contributed by atoms with van der Waals surface area (Å²) in [5.74, 6) is -0.0159. The smallest absolute Gasteiger partial charge is 0.270 e. The van der Waals surface area contributed by atoms with Crippen molar-refractivity contribution in [3.63, 3.8) is 0 Å². The number of carbonyl (C=O) groups excluding carboxylic acids is 2. The first kappa shape index (κ1) is 17.0. The van der Waals surface area contributed by atoms with Gasteiger partial charge in [0.25, 0.3) is 5.91 Å². The molecule has 3 aromatic rings. The van der Waals surface area contributed by atoms with Crippen LogP contribution in [0.5, 0.6) is 0 Å². The molecule has 2 aliphatic rings. The average molecular weight is 373 g/mol. The summed E-state index contributed by atoms with van der Waals surface area (Å²) in [5.41, 5.74) is 5.00. The topological polar surface area (TPSA) is 65.2 Å². The van der Waals surface area contributed by atoms with Gasteiger partial charge in [-0.25, -0.2) is 0 Å². The zero-order valence-electron chi connectivity index (χ0n) is 16.1. The Hall–Kier alpha value is -3.08. The second-order valence-corrected chi connectivity index (χ2v) is 8.09. The predicted octanol–water partition coefficient (Wildman–Crippen LogP) is 3.91. The summed E-state index contributed by atoms with van der Waals surface area (Å²) in [6.07, 6.45) is 1.58. The van der Waals surface area contributed by atoms with Crippen LogP contribution >= 0.6 is 0 Å². The molecule has 0 saturated carbocycles. The third kappa shape index (κ3) is 2.32. The second kappa shape index (κ2) is 5.96. The normalized spacial score (nSPS) is 21.2. The molecule has 1 fully saturated rings. The van der Waals surface area contributed by atoms with Crippen molar-refractivity contribution in [2.75, 3.05) is 18.4 Å². The first-order valence-corrected chi connectivity index (χ1v) is 9.79. The monoisotopic (exact) mass is 373 g/mol. The number of carbonyl (C=O) groups is 2. The van der Waals surface area contributed by atoms with Crippen LogP contribution in [0.3, 0.4) is 0 Å². The molecule has 28 heavy (non-hydrogen) atoms.